The van der Waals surface area contributed by atoms with Crippen LogP contribution in [-0.2, 0) is 0 Å². The molecule has 1 fully saturated rings. The van der Waals surface area contributed by atoms with Crippen LogP contribution in [0.3, 0.4) is 0 Å². The molecule has 0 saturated carbocycles. The molecule has 2 heterocycles. The minimum atomic E-state index is -4.62. The average molecular weight is 317 g/mol. The zero-order valence-corrected chi connectivity index (χ0v) is 12.6. The third-order valence-electron chi connectivity index (χ3n) is 4.32. The molecule has 116 valence electrons. The number of ether oxygens (including phenoxy) is 1. The molecular formula is C15H18F3NOS. The van der Waals surface area contributed by atoms with Crippen LogP contribution in [0.2, 0.25) is 0 Å². The maximum atomic E-state index is 12.3. The molecule has 1 saturated heterocycles. The molecule has 2 aliphatic heterocycles. The maximum Gasteiger partial charge on any atom is 0.573 e. The number of likely N-dealkylation sites (tertiary alicyclic amines) is 1. The van der Waals surface area contributed by atoms with E-state index in [9.17, 15) is 13.2 Å². The molecule has 0 aliphatic carbocycles. The van der Waals surface area contributed by atoms with Gasteiger partial charge in [-0.1, -0.05) is 0 Å². The van der Waals surface area contributed by atoms with E-state index in [1.807, 2.05) is 0 Å². The number of fused-ring (bicyclic) bond motifs is 1. The summed E-state index contributed by atoms with van der Waals surface area (Å²) in [5.41, 5.74) is 1.02. The Bertz CT molecular complexity index is 520. The first-order valence-electron chi connectivity index (χ1n) is 7.15. The summed E-state index contributed by atoms with van der Waals surface area (Å²) in [6.45, 7) is 1.12. The fraction of sp³-hybridized carbons (Fsp3) is 0.600. The van der Waals surface area contributed by atoms with Crippen LogP contribution < -0.4 is 4.74 Å². The van der Waals surface area contributed by atoms with Crippen LogP contribution in [0.4, 0.5) is 13.2 Å². The van der Waals surface area contributed by atoms with Gasteiger partial charge in [-0.15, -0.1) is 24.9 Å². The summed E-state index contributed by atoms with van der Waals surface area (Å²) in [5.74, 6) is 1.18. The van der Waals surface area contributed by atoms with Crippen LogP contribution in [-0.4, -0.2) is 36.6 Å². The van der Waals surface area contributed by atoms with Crippen molar-refractivity contribution in [3.63, 3.8) is 0 Å². The van der Waals surface area contributed by atoms with Gasteiger partial charge >= 0.3 is 6.36 Å². The molecule has 0 amide bonds. The highest BCUT2D eigenvalue weighted by Gasteiger charge is 2.33. The van der Waals surface area contributed by atoms with Gasteiger partial charge in [0.25, 0.3) is 0 Å². The largest absolute Gasteiger partial charge is 0.573 e. The van der Waals surface area contributed by atoms with Gasteiger partial charge in [0.05, 0.1) is 0 Å². The normalized spacial score (nSPS) is 26.1. The second kappa shape index (κ2) is 5.72. The number of hydrogen-bond donors (Lipinski definition) is 0. The lowest BCUT2D eigenvalue weighted by Crippen LogP contribution is -2.26. The van der Waals surface area contributed by atoms with Crippen LogP contribution in [0.5, 0.6) is 5.75 Å². The van der Waals surface area contributed by atoms with Crippen molar-refractivity contribution in [3.05, 3.63) is 23.8 Å². The van der Waals surface area contributed by atoms with Crippen molar-refractivity contribution in [3.8, 4) is 5.75 Å². The molecule has 2 atom stereocenters. The summed E-state index contributed by atoms with van der Waals surface area (Å²) in [6, 6.07) is 5.28. The van der Waals surface area contributed by atoms with Crippen molar-refractivity contribution in [2.75, 3.05) is 19.3 Å². The van der Waals surface area contributed by atoms with Crippen molar-refractivity contribution >= 4 is 11.8 Å². The first-order valence-corrected chi connectivity index (χ1v) is 8.13. The van der Waals surface area contributed by atoms with Crippen molar-refractivity contribution in [2.24, 2.45) is 0 Å². The van der Waals surface area contributed by atoms with E-state index in [1.165, 1.54) is 18.9 Å². The van der Waals surface area contributed by atoms with E-state index in [1.54, 1.807) is 23.9 Å². The minimum Gasteiger partial charge on any atom is -0.406 e. The van der Waals surface area contributed by atoms with E-state index in [2.05, 4.69) is 16.7 Å². The van der Waals surface area contributed by atoms with E-state index in [4.69, 9.17) is 0 Å². The van der Waals surface area contributed by atoms with Gasteiger partial charge in [-0.25, -0.2) is 0 Å². The predicted octanol–water partition coefficient (Wildman–Crippen LogP) is 4.26. The number of alkyl halides is 3. The highest BCUT2D eigenvalue weighted by atomic mass is 32.2. The minimum absolute atomic E-state index is 0.103. The monoisotopic (exact) mass is 317 g/mol. The summed E-state index contributed by atoms with van der Waals surface area (Å²) >= 11 is 1.73. The lowest BCUT2D eigenvalue weighted by molar-refractivity contribution is -0.274. The lowest BCUT2D eigenvalue weighted by Gasteiger charge is -2.23. The van der Waals surface area contributed by atoms with Crippen LogP contribution in [0.25, 0.3) is 0 Å². The highest BCUT2D eigenvalue weighted by molar-refractivity contribution is 7.99. The van der Waals surface area contributed by atoms with Gasteiger partial charge in [0.1, 0.15) is 5.75 Å². The molecule has 21 heavy (non-hydrogen) atoms. The van der Waals surface area contributed by atoms with Crippen LogP contribution in [0.15, 0.2) is 23.1 Å². The van der Waals surface area contributed by atoms with Gasteiger partial charge in [-0.2, -0.15) is 0 Å². The molecule has 1 aromatic carbocycles. The number of hydrogen-bond acceptors (Lipinski definition) is 3. The number of nitrogens with zero attached hydrogens (tertiary/aromatic N) is 1. The van der Waals surface area contributed by atoms with E-state index in [-0.39, 0.29) is 5.75 Å². The topological polar surface area (TPSA) is 12.5 Å². The first-order chi connectivity index (χ1) is 9.92. The van der Waals surface area contributed by atoms with Gasteiger partial charge in [-0.3, -0.25) is 0 Å². The number of halogens is 3. The third-order valence-corrected chi connectivity index (χ3v) is 5.57. The molecule has 2 nitrogen and oxygen atoms in total. The lowest BCUT2D eigenvalue weighted by atomic mass is 9.93. The quantitative estimate of drug-likeness (QED) is 0.826. The first kappa shape index (κ1) is 15.0. The Kier molecular flexibility index (Phi) is 4.10. The molecular weight excluding hydrogens is 299 g/mol. The summed E-state index contributed by atoms with van der Waals surface area (Å²) in [5, 5.41) is 0. The molecule has 6 heteroatoms. The van der Waals surface area contributed by atoms with E-state index < -0.39 is 6.36 Å². The number of thioether (sulfide) groups is 1. The van der Waals surface area contributed by atoms with Gasteiger partial charge in [0.15, 0.2) is 0 Å². The fourth-order valence-corrected chi connectivity index (χ4v) is 4.51. The second-order valence-corrected chi connectivity index (χ2v) is 6.83. The van der Waals surface area contributed by atoms with Crippen LogP contribution in [0.1, 0.15) is 30.7 Å². The average Bonchev–Trinajstić information content (AvgIpc) is 2.96. The summed E-state index contributed by atoms with van der Waals surface area (Å²) in [4.78, 5) is 3.45. The smallest absolute Gasteiger partial charge is 0.406 e. The van der Waals surface area contributed by atoms with Gasteiger partial charge < -0.3 is 9.64 Å². The highest BCUT2D eigenvalue weighted by Crippen LogP contribution is 2.44. The third kappa shape index (κ3) is 3.48. The van der Waals surface area contributed by atoms with Crippen molar-refractivity contribution in [1.29, 1.82) is 0 Å². The predicted molar refractivity (Wildman–Crippen MR) is 76.9 cm³/mol. The molecule has 3 rings (SSSR count). The van der Waals surface area contributed by atoms with Crippen LogP contribution in [0, 0.1) is 0 Å². The molecule has 1 aromatic rings. The van der Waals surface area contributed by atoms with Crippen LogP contribution >= 0.6 is 11.8 Å². The Morgan fingerprint density at radius 2 is 2.19 bits per heavy atom. The molecule has 0 spiro atoms. The van der Waals surface area contributed by atoms with Gasteiger partial charge in [0.2, 0.25) is 0 Å². The van der Waals surface area contributed by atoms with E-state index >= 15 is 0 Å². The Morgan fingerprint density at radius 1 is 1.38 bits per heavy atom. The Labute approximate surface area is 126 Å². The maximum absolute atomic E-state index is 12.3. The molecule has 0 aromatic heterocycles. The van der Waals surface area contributed by atoms with Gasteiger partial charge in [-0.05, 0) is 62.5 Å². The molecule has 2 aliphatic rings. The van der Waals surface area contributed by atoms with Crippen molar-refractivity contribution in [2.45, 2.75) is 42.5 Å². The fourth-order valence-electron chi connectivity index (χ4n) is 3.25. The second-order valence-electron chi connectivity index (χ2n) is 5.77. The Balaban J connectivity index is 1.75. The molecule has 0 radical (unpaired) electrons. The Hall–Kier alpha value is -0.880. The molecule has 1 unspecified atom stereocenters. The molecule has 0 bridgehead atoms. The number of rotatable bonds is 3. The summed E-state index contributed by atoms with van der Waals surface area (Å²) in [6.07, 6.45) is -1.20. The summed E-state index contributed by atoms with van der Waals surface area (Å²) < 4.78 is 41.1. The molecule has 0 N–H and O–H groups in total. The summed E-state index contributed by atoms with van der Waals surface area (Å²) in [7, 11) is 2.13. The number of benzene rings is 1. The zero-order chi connectivity index (χ0) is 15.0. The Morgan fingerprint density at radius 3 is 2.86 bits per heavy atom. The van der Waals surface area contributed by atoms with Crippen molar-refractivity contribution < 1.29 is 17.9 Å². The SMILES string of the molecule is CN1CCC[C@@H]1CC1CSc2ccc(OC(F)(F)F)cc21. The van der Waals surface area contributed by atoms with E-state index in [0.717, 1.165) is 29.2 Å². The van der Waals surface area contributed by atoms with Gasteiger partial charge in [0, 0.05) is 16.7 Å². The van der Waals surface area contributed by atoms with Crippen molar-refractivity contribution in [1.82, 2.24) is 4.90 Å². The standard InChI is InChI=1S/C15H18F3NOS/c1-19-6-2-3-11(19)7-10-9-21-14-5-4-12(8-13(10)14)20-15(16,17)18/h4-5,8,10-11H,2-3,6-7,9H2,1H3/t10?,11-/m1/s1. The zero-order valence-electron chi connectivity index (χ0n) is 11.8. The van der Waals surface area contributed by atoms with E-state index in [0.29, 0.717) is 12.0 Å².